The Morgan fingerprint density at radius 1 is 1.26 bits per heavy atom. The van der Waals surface area contributed by atoms with Gasteiger partial charge in [0, 0.05) is 19.1 Å². The maximum absolute atomic E-state index is 10.8. The Morgan fingerprint density at radius 3 is 2.70 bits per heavy atom. The molecular weight excluding hydrogens is 344 g/mol. The highest BCUT2D eigenvalue weighted by molar-refractivity contribution is 5.84. The molecule has 1 atom stereocenters. The first-order valence-electron chi connectivity index (χ1n) is 9.44. The summed E-state index contributed by atoms with van der Waals surface area (Å²) >= 11 is 0. The van der Waals surface area contributed by atoms with Gasteiger partial charge in [0.2, 0.25) is 5.76 Å². The third-order valence-electron chi connectivity index (χ3n) is 5.07. The second-order valence-corrected chi connectivity index (χ2v) is 7.33. The minimum atomic E-state index is -1.07. The SMILES string of the molecule is CN(Cc1ccc(OCc2ccc(C(=O)O)o2)cc1)CC1CCCCN1C. The van der Waals surface area contributed by atoms with E-state index in [0.29, 0.717) is 11.8 Å². The summed E-state index contributed by atoms with van der Waals surface area (Å²) in [4.78, 5) is 15.7. The molecule has 146 valence electrons. The molecule has 1 aromatic heterocycles. The zero-order chi connectivity index (χ0) is 19.2. The molecule has 6 heteroatoms. The van der Waals surface area contributed by atoms with Crippen LogP contribution in [0.25, 0.3) is 0 Å². The zero-order valence-electron chi connectivity index (χ0n) is 16.1. The molecule has 0 aliphatic carbocycles. The molecule has 0 bridgehead atoms. The highest BCUT2D eigenvalue weighted by Crippen LogP contribution is 2.19. The van der Waals surface area contributed by atoms with Crippen LogP contribution in [-0.4, -0.2) is 54.1 Å². The van der Waals surface area contributed by atoms with Gasteiger partial charge in [-0.15, -0.1) is 0 Å². The molecule has 1 aromatic carbocycles. The van der Waals surface area contributed by atoms with Gasteiger partial charge in [-0.1, -0.05) is 18.6 Å². The van der Waals surface area contributed by atoms with Crippen molar-refractivity contribution in [1.29, 1.82) is 0 Å². The minimum absolute atomic E-state index is 0.0735. The summed E-state index contributed by atoms with van der Waals surface area (Å²) in [6, 6.07) is 11.7. The first-order chi connectivity index (χ1) is 13.0. The van der Waals surface area contributed by atoms with Crippen LogP contribution in [0.15, 0.2) is 40.8 Å². The van der Waals surface area contributed by atoms with Gasteiger partial charge in [-0.05, 0) is 63.3 Å². The van der Waals surface area contributed by atoms with Gasteiger partial charge in [-0.3, -0.25) is 0 Å². The third kappa shape index (κ3) is 5.58. The molecule has 1 aliphatic heterocycles. The molecule has 3 rings (SSSR count). The number of rotatable bonds is 8. The smallest absolute Gasteiger partial charge is 0.371 e. The molecule has 1 fully saturated rings. The second-order valence-electron chi connectivity index (χ2n) is 7.33. The molecule has 0 spiro atoms. The van der Waals surface area contributed by atoms with Gasteiger partial charge >= 0.3 is 5.97 Å². The third-order valence-corrected chi connectivity index (χ3v) is 5.07. The lowest BCUT2D eigenvalue weighted by Gasteiger charge is -2.35. The fourth-order valence-corrected chi connectivity index (χ4v) is 3.53. The number of hydrogen-bond donors (Lipinski definition) is 1. The monoisotopic (exact) mass is 372 g/mol. The van der Waals surface area contributed by atoms with E-state index in [1.165, 1.54) is 37.4 Å². The van der Waals surface area contributed by atoms with Gasteiger partial charge in [-0.25, -0.2) is 4.79 Å². The lowest BCUT2D eigenvalue weighted by atomic mass is 10.0. The fraction of sp³-hybridized carbons (Fsp3) is 0.476. The number of piperidine rings is 1. The summed E-state index contributed by atoms with van der Waals surface area (Å²) in [5, 5.41) is 8.86. The summed E-state index contributed by atoms with van der Waals surface area (Å²) in [6.45, 7) is 3.40. The molecule has 2 aromatic rings. The highest BCUT2D eigenvalue weighted by atomic mass is 16.5. The Kier molecular flexibility index (Phi) is 6.53. The molecule has 2 heterocycles. The number of likely N-dealkylation sites (N-methyl/N-ethyl adjacent to an activating group) is 2. The van der Waals surface area contributed by atoms with Crippen LogP contribution in [-0.2, 0) is 13.2 Å². The van der Waals surface area contributed by atoms with Crippen molar-refractivity contribution >= 4 is 5.97 Å². The largest absolute Gasteiger partial charge is 0.486 e. The maximum atomic E-state index is 10.8. The number of benzene rings is 1. The van der Waals surface area contributed by atoms with E-state index < -0.39 is 5.97 Å². The van der Waals surface area contributed by atoms with Crippen molar-refractivity contribution in [2.24, 2.45) is 0 Å². The molecule has 1 unspecified atom stereocenters. The van der Waals surface area contributed by atoms with E-state index in [9.17, 15) is 4.79 Å². The van der Waals surface area contributed by atoms with Crippen LogP contribution in [0.2, 0.25) is 0 Å². The van der Waals surface area contributed by atoms with E-state index in [1.54, 1.807) is 6.07 Å². The van der Waals surface area contributed by atoms with Crippen molar-refractivity contribution in [2.75, 3.05) is 27.2 Å². The van der Waals surface area contributed by atoms with Gasteiger partial charge < -0.3 is 24.1 Å². The Labute approximate surface area is 160 Å². The molecule has 0 radical (unpaired) electrons. The predicted molar refractivity (Wildman–Crippen MR) is 103 cm³/mol. The normalized spacial score (nSPS) is 18.0. The van der Waals surface area contributed by atoms with E-state index in [0.717, 1.165) is 18.8 Å². The zero-order valence-corrected chi connectivity index (χ0v) is 16.1. The number of hydrogen-bond acceptors (Lipinski definition) is 5. The number of ether oxygens (including phenoxy) is 1. The van der Waals surface area contributed by atoms with Crippen molar-refractivity contribution in [3.05, 3.63) is 53.5 Å². The molecule has 6 nitrogen and oxygen atoms in total. The van der Waals surface area contributed by atoms with Crippen LogP contribution in [0.5, 0.6) is 5.75 Å². The number of likely N-dealkylation sites (tertiary alicyclic amines) is 1. The molecule has 27 heavy (non-hydrogen) atoms. The first kappa shape index (κ1) is 19.5. The average Bonchev–Trinajstić information content (AvgIpc) is 3.12. The number of carbonyl (C=O) groups is 1. The van der Waals surface area contributed by atoms with Crippen molar-refractivity contribution < 1.29 is 19.1 Å². The second kappa shape index (κ2) is 9.06. The molecule has 1 N–H and O–H groups in total. The molecule has 1 saturated heterocycles. The van der Waals surface area contributed by atoms with Crippen LogP contribution in [0.3, 0.4) is 0 Å². The quantitative estimate of drug-likeness (QED) is 0.765. The Hall–Kier alpha value is -2.31. The van der Waals surface area contributed by atoms with Crippen molar-refractivity contribution in [3.8, 4) is 5.75 Å². The van der Waals surface area contributed by atoms with E-state index in [-0.39, 0.29) is 12.4 Å². The Balaban J connectivity index is 1.47. The van der Waals surface area contributed by atoms with E-state index in [2.05, 4.69) is 36.0 Å². The van der Waals surface area contributed by atoms with Crippen molar-refractivity contribution in [3.63, 3.8) is 0 Å². The summed E-state index contributed by atoms with van der Waals surface area (Å²) in [6.07, 6.45) is 3.93. The highest BCUT2D eigenvalue weighted by Gasteiger charge is 2.20. The van der Waals surface area contributed by atoms with Gasteiger partial charge in [0.25, 0.3) is 0 Å². The summed E-state index contributed by atoms with van der Waals surface area (Å²) in [5.74, 6) is 0.0826. The van der Waals surface area contributed by atoms with Crippen molar-refractivity contribution in [2.45, 2.75) is 38.5 Å². The minimum Gasteiger partial charge on any atom is -0.486 e. The van der Waals surface area contributed by atoms with Gasteiger partial charge in [0.1, 0.15) is 18.1 Å². The fourth-order valence-electron chi connectivity index (χ4n) is 3.53. The van der Waals surface area contributed by atoms with E-state index in [4.69, 9.17) is 14.3 Å². The van der Waals surface area contributed by atoms with E-state index >= 15 is 0 Å². The number of nitrogens with zero attached hydrogens (tertiary/aromatic N) is 2. The van der Waals surface area contributed by atoms with Crippen LogP contribution in [0.1, 0.15) is 41.1 Å². The van der Waals surface area contributed by atoms with Gasteiger partial charge in [0.05, 0.1) is 0 Å². The Morgan fingerprint density at radius 2 is 2.04 bits per heavy atom. The number of carboxylic acids is 1. The first-order valence-corrected chi connectivity index (χ1v) is 9.44. The average molecular weight is 372 g/mol. The number of aromatic carboxylic acids is 1. The van der Waals surface area contributed by atoms with Gasteiger partial charge in [-0.2, -0.15) is 0 Å². The molecular formula is C21H28N2O4. The summed E-state index contributed by atoms with van der Waals surface area (Å²) < 4.78 is 10.9. The summed E-state index contributed by atoms with van der Waals surface area (Å²) in [7, 11) is 4.39. The Bertz CT molecular complexity index is 741. The van der Waals surface area contributed by atoms with Crippen LogP contribution < -0.4 is 4.74 Å². The van der Waals surface area contributed by atoms with Crippen LogP contribution >= 0.6 is 0 Å². The van der Waals surface area contributed by atoms with Crippen LogP contribution in [0, 0.1) is 0 Å². The maximum Gasteiger partial charge on any atom is 0.371 e. The number of furan rings is 1. The molecule has 1 aliphatic rings. The summed E-state index contributed by atoms with van der Waals surface area (Å²) in [5.41, 5.74) is 1.24. The number of carboxylic acid groups (broad SMARTS) is 1. The predicted octanol–water partition coefficient (Wildman–Crippen LogP) is 3.47. The lowest BCUT2D eigenvalue weighted by Crippen LogP contribution is -2.43. The lowest BCUT2D eigenvalue weighted by molar-refractivity contribution is 0.0658. The topological polar surface area (TPSA) is 66.1 Å². The molecule has 0 saturated carbocycles. The van der Waals surface area contributed by atoms with Crippen LogP contribution in [0.4, 0.5) is 0 Å². The molecule has 0 amide bonds. The van der Waals surface area contributed by atoms with Gasteiger partial charge in [0.15, 0.2) is 0 Å². The van der Waals surface area contributed by atoms with Crippen molar-refractivity contribution in [1.82, 2.24) is 9.80 Å². The standard InChI is InChI=1S/C21H28N2O4/c1-22(14-17-5-3-4-12-23(17)2)13-16-6-8-18(9-7-16)26-15-19-10-11-20(27-19)21(24)25/h6-11,17H,3-5,12-15H2,1-2H3,(H,24,25). The van der Waals surface area contributed by atoms with E-state index in [1.807, 2.05) is 12.1 Å².